The van der Waals surface area contributed by atoms with Gasteiger partial charge in [-0.3, -0.25) is 4.79 Å². The number of alkyl halides is 3. The van der Waals surface area contributed by atoms with Crippen molar-refractivity contribution in [1.29, 1.82) is 0 Å². The van der Waals surface area contributed by atoms with E-state index >= 15 is 0 Å². The number of carbonyl (C=O) groups is 1. The summed E-state index contributed by atoms with van der Waals surface area (Å²) in [5.74, 6) is 0.259. The number of rotatable bonds is 8. The van der Waals surface area contributed by atoms with Gasteiger partial charge in [-0.2, -0.15) is 13.2 Å². The van der Waals surface area contributed by atoms with E-state index in [9.17, 15) is 18.0 Å². The number of anilines is 1. The van der Waals surface area contributed by atoms with E-state index in [1.165, 1.54) is 0 Å². The van der Waals surface area contributed by atoms with Crippen molar-refractivity contribution in [1.82, 2.24) is 0 Å². The molecule has 0 aliphatic heterocycles. The molecule has 2 aromatic rings. The molecule has 0 unspecified atom stereocenters. The average molecular weight is 381 g/mol. The average Bonchev–Trinajstić information content (AvgIpc) is 2.58. The molecule has 0 aliphatic rings. The summed E-state index contributed by atoms with van der Waals surface area (Å²) >= 11 is 0. The largest absolute Gasteiger partial charge is 0.489 e. The molecule has 146 valence electrons. The third-order valence-corrected chi connectivity index (χ3v) is 3.70. The smallest absolute Gasteiger partial charge is 0.411 e. The number of halogens is 3. The van der Waals surface area contributed by atoms with Gasteiger partial charge in [0.05, 0.1) is 13.0 Å². The number of carbonyl (C=O) groups excluding carboxylic acids is 1. The Hall–Kier alpha value is -2.54. The maximum Gasteiger partial charge on any atom is 0.411 e. The van der Waals surface area contributed by atoms with Crippen molar-refractivity contribution in [3.8, 4) is 5.75 Å². The fraction of sp³-hybridized carbons (Fsp3) is 0.350. The second-order valence-corrected chi connectivity index (χ2v) is 6.22. The van der Waals surface area contributed by atoms with E-state index in [2.05, 4.69) is 10.1 Å². The fourth-order valence-electron chi connectivity index (χ4n) is 2.40. The van der Waals surface area contributed by atoms with Gasteiger partial charge in [0.15, 0.2) is 0 Å². The van der Waals surface area contributed by atoms with Gasteiger partial charge in [0.25, 0.3) is 0 Å². The van der Waals surface area contributed by atoms with E-state index < -0.39 is 18.7 Å². The zero-order valence-corrected chi connectivity index (χ0v) is 15.2. The summed E-state index contributed by atoms with van der Waals surface area (Å²) in [5, 5.41) is 2.66. The molecule has 0 saturated heterocycles. The van der Waals surface area contributed by atoms with Crippen LogP contribution in [-0.4, -0.2) is 25.3 Å². The number of hydrogen-bond donors (Lipinski definition) is 1. The Kier molecular flexibility index (Phi) is 7.24. The Bertz CT molecular complexity index is 775. The lowest BCUT2D eigenvalue weighted by Crippen LogP contribution is -2.20. The van der Waals surface area contributed by atoms with Crippen LogP contribution in [0.15, 0.2) is 42.5 Å². The molecule has 0 spiro atoms. The molecule has 4 nitrogen and oxygen atoms in total. The van der Waals surface area contributed by atoms with Gasteiger partial charge < -0.3 is 14.8 Å². The van der Waals surface area contributed by atoms with Crippen LogP contribution in [0.1, 0.15) is 23.1 Å². The van der Waals surface area contributed by atoms with Crippen molar-refractivity contribution in [2.75, 3.05) is 18.5 Å². The number of hydrogen-bond acceptors (Lipinski definition) is 3. The van der Waals surface area contributed by atoms with E-state index in [1.54, 1.807) is 18.2 Å². The molecule has 1 N–H and O–H groups in total. The molecule has 0 fully saturated rings. The van der Waals surface area contributed by atoms with E-state index in [4.69, 9.17) is 4.74 Å². The molecule has 1 amide bonds. The first-order chi connectivity index (χ1) is 12.7. The van der Waals surface area contributed by atoms with Crippen LogP contribution in [0, 0.1) is 13.8 Å². The number of ether oxygens (including phenoxy) is 2. The molecule has 0 saturated carbocycles. The summed E-state index contributed by atoms with van der Waals surface area (Å²) in [5.41, 5.74) is 3.59. The van der Waals surface area contributed by atoms with Crippen LogP contribution in [0.5, 0.6) is 5.75 Å². The fourth-order valence-corrected chi connectivity index (χ4v) is 2.40. The molecule has 27 heavy (non-hydrogen) atoms. The Morgan fingerprint density at radius 2 is 1.89 bits per heavy atom. The molecule has 7 heteroatoms. The highest BCUT2D eigenvalue weighted by Crippen LogP contribution is 2.22. The van der Waals surface area contributed by atoms with Crippen LogP contribution in [-0.2, 0) is 16.1 Å². The predicted molar refractivity (Wildman–Crippen MR) is 96.8 cm³/mol. The molecule has 2 rings (SSSR count). The Balaban J connectivity index is 1.82. The van der Waals surface area contributed by atoms with Gasteiger partial charge in [0, 0.05) is 5.69 Å². The Labute approximate surface area is 156 Å². The predicted octanol–water partition coefficient (Wildman–Crippen LogP) is 4.79. The first-order valence-electron chi connectivity index (χ1n) is 8.46. The monoisotopic (exact) mass is 381 g/mol. The van der Waals surface area contributed by atoms with Crippen molar-refractivity contribution >= 4 is 11.6 Å². The second-order valence-electron chi connectivity index (χ2n) is 6.22. The third-order valence-electron chi connectivity index (χ3n) is 3.70. The summed E-state index contributed by atoms with van der Waals surface area (Å²) in [6.07, 6.45) is -4.54. The van der Waals surface area contributed by atoms with E-state index in [0.717, 1.165) is 16.7 Å². The first-order valence-corrected chi connectivity index (χ1v) is 8.46. The lowest BCUT2D eigenvalue weighted by atomic mass is 10.1. The standard InChI is InChI=1S/C20H22F3NO3/c1-14-4-3-5-16(10-14)12-27-17-6-7-18(15(2)11-17)24-19(25)8-9-26-13-20(21,22)23/h3-7,10-11H,8-9,12-13H2,1-2H3,(H,24,25). The summed E-state index contributed by atoms with van der Waals surface area (Å²) in [6.45, 7) is 2.62. The lowest BCUT2D eigenvalue weighted by molar-refractivity contribution is -0.174. The van der Waals surface area contributed by atoms with Gasteiger partial charge >= 0.3 is 6.18 Å². The van der Waals surface area contributed by atoms with Crippen LogP contribution >= 0.6 is 0 Å². The van der Waals surface area contributed by atoms with Gasteiger partial charge in [0.1, 0.15) is 19.0 Å². The topological polar surface area (TPSA) is 47.6 Å². The Morgan fingerprint density at radius 1 is 1.11 bits per heavy atom. The van der Waals surface area contributed by atoms with Gasteiger partial charge in [-0.25, -0.2) is 0 Å². The van der Waals surface area contributed by atoms with Crippen molar-refractivity contribution in [3.63, 3.8) is 0 Å². The summed E-state index contributed by atoms with van der Waals surface area (Å²) < 4.78 is 46.1. The van der Waals surface area contributed by atoms with Crippen molar-refractivity contribution < 1.29 is 27.4 Å². The Morgan fingerprint density at radius 3 is 2.56 bits per heavy atom. The first kappa shape index (κ1) is 20.8. The van der Waals surface area contributed by atoms with Gasteiger partial charge in [0.2, 0.25) is 5.91 Å². The normalized spacial score (nSPS) is 11.3. The van der Waals surface area contributed by atoms with Crippen molar-refractivity contribution in [3.05, 3.63) is 59.2 Å². The minimum atomic E-state index is -4.39. The minimum absolute atomic E-state index is 0.152. The van der Waals surface area contributed by atoms with Gasteiger partial charge in [-0.1, -0.05) is 29.8 Å². The third kappa shape index (κ3) is 7.70. The molecular formula is C20H22F3NO3. The second kappa shape index (κ2) is 9.41. The maximum absolute atomic E-state index is 12.0. The molecule has 0 atom stereocenters. The van der Waals surface area contributed by atoms with E-state index in [1.807, 2.05) is 38.1 Å². The molecule has 0 radical (unpaired) electrons. The number of benzene rings is 2. The van der Waals surface area contributed by atoms with E-state index in [-0.39, 0.29) is 13.0 Å². The van der Waals surface area contributed by atoms with Crippen LogP contribution in [0.2, 0.25) is 0 Å². The van der Waals surface area contributed by atoms with E-state index in [0.29, 0.717) is 18.0 Å². The maximum atomic E-state index is 12.0. The summed E-state index contributed by atoms with van der Waals surface area (Å²) in [6, 6.07) is 13.2. The van der Waals surface area contributed by atoms with Crippen LogP contribution in [0.3, 0.4) is 0 Å². The zero-order valence-electron chi connectivity index (χ0n) is 15.2. The van der Waals surface area contributed by atoms with Crippen molar-refractivity contribution in [2.45, 2.75) is 33.1 Å². The van der Waals surface area contributed by atoms with Gasteiger partial charge in [-0.05, 0) is 43.2 Å². The van der Waals surface area contributed by atoms with Crippen molar-refractivity contribution in [2.24, 2.45) is 0 Å². The zero-order chi connectivity index (χ0) is 19.9. The SMILES string of the molecule is Cc1cccc(COc2ccc(NC(=O)CCOCC(F)(F)F)c(C)c2)c1. The lowest BCUT2D eigenvalue weighted by Gasteiger charge is -2.12. The number of aryl methyl sites for hydroxylation is 2. The number of nitrogens with one attached hydrogen (secondary N) is 1. The molecular weight excluding hydrogens is 359 g/mol. The molecule has 2 aromatic carbocycles. The quantitative estimate of drug-likeness (QED) is 0.669. The highest BCUT2D eigenvalue weighted by molar-refractivity contribution is 5.91. The number of amides is 1. The van der Waals surface area contributed by atoms with Crippen LogP contribution in [0.25, 0.3) is 0 Å². The van der Waals surface area contributed by atoms with Crippen LogP contribution < -0.4 is 10.1 Å². The minimum Gasteiger partial charge on any atom is -0.489 e. The summed E-state index contributed by atoms with van der Waals surface area (Å²) in [4.78, 5) is 11.8. The summed E-state index contributed by atoms with van der Waals surface area (Å²) in [7, 11) is 0. The highest BCUT2D eigenvalue weighted by atomic mass is 19.4. The molecule has 0 heterocycles. The molecule has 0 aliphatic carbocycles. The van der Waals surface area contributed by atoms with Crippen LogP contribution in [0.4, 0.5) is 18.9 Å². The molecule has 0 bridgehead atoms. The highest BCUT2D eigenvalue weighted by Gasteiger charge is 2.27. The van der Waals surface area contributed by atoms with Gasteiger partial charge in [-0.15, -0.1) is 0 Å². The molecule has 0 aromatic heterocycles.